The molecule has 1 aliphatic heterocycles. The molecule has 3 atom stereocenters. The molecule has 1 fully saturated rings. The Morgan fingerprint density at radius 1 is 1.41 bits per heavy atom. The number of halogens is 2. The second-order valence-electron chi connectivity index (χ2n) is 5.87. The first-order valence-corrected chi connectivity index (χ1v) is 7.47. The number of carbonyl (C=O) groups is 1. The van der Waals surface area contributed by atoms with E-state index < -0.39 is 30.4 Å². The van der Waals surface area contributed by atoms with E-state index in [2.05, 4.69) is 5.32 Å². The van der Waals surface area contributed by atoms with Gasteiger partial charge in [0, 0.05) is 6.42 Å². The number of hydrogen-bond donors (Lipinski definition) is 2. The highest BCUT2D eigenvalue weighted by Gasteiger charge is 2.47. The van der Waals surface area contributed by atoms with Crippen LogP contribution < -0.4 is 5.32 Å². The minimum Gasteiger partial charge on any atom is -0.389 e. The fraction of sp³-hybridized carbons (Fsp3) is 0.471. The fourth-order valence-corrected chi connectivity index (χ4v) is 2.46. The Labute approximate surface area is 129 Å². The first-order chi connectivity index (χ1) is 10.4. The van der Waals surface area contributed by atoms with Gasteiger partial charge in [-0.25, -0.2) is 0 Å². The SMILES string of the molecule is C[C@@H](CCc1ccccc1)[C@@H](O)/C=C/[C@H]1CC(F)(F)C(=O)N1. The molecule has 0 radical (unpaired) electrons. The summed E-state index contributed by atoms with van der Waals surface area (Å²) in [4.78, 5) is 11.0. The Morgan fingerprint density at radius 3 is 2.68 bits per heavy atom. The molecule has 0 spiro atoms. The highest BCUT2D eigenvalue weighted by Crippen LogP contribution is 2.27. The standard InChI is InChI=1S/C17H21F2NO2/c1-12(7-8-13-5-3-2-4-6-13)15(21)10-9-14-11-17(18,19)16(22)20-14/h2-6,9-10,12,14-15,21H,7-8,11H2,1H3,(H,20,22)/b10-9+/t12-,14-,15-/m0/s1. The number of aliphatic hydroxyl groups is 1. The van der Waals surface area contributed by atoms with Crippen molar-refractivity contribution < 1.29 is 18.7 Å². The molecular weight excluding hydrogens is 288 g/mol. The molecule has 0 unspecified atom stereocenters. The first-order valence-electron chi connectivity index (χ1n) is 7.47. The Morgan fingerprint density at radius 2 is 2.09 bits per heavy atom. The summed E-state index contributed by atoms with van der Waals surface area (Å²) >= 11 is 0. The predicted octanol–water partition coefficient (Wildman–Crippen LogP) is 2.70. The van der Waals surface area contributed by atoms with Crippen molar-refractivity contribution in [3.8, 4) is 0 Å². The Bertz CT molecular complexity index is 531. The van der Waals surface area contributed by atoms with Gasteiger partial charge in [0.2, 0.25) is 0 Å². The molecule has 2 rings (SSSR count). The van der Waals surface area contributed by atoms with Crippen molar-refractivity contribution in [3.05, 3.63) is 48.0 Å². The van der Waals surface area contributed by atoms with Crippen LogP contribution in [0.4, 0.5) is 8.78 Å². The normalized spacial score (nSPS) is 23.5. The van der Waals surface area contributed by atoms with E-state index in [1.807, 2.05) is 37.3 Å². The molecule has 1 aliphatic rings. The molecule has 120 valence electrons. The summed E-state index contributed by atoms with van der Waals surface area (Å²) < 4.78 is 26.1. The van der Waals surface area contributed by atoms with Crippen LogP contribution in [0.15, 0.2) is 42.5 Å². The van der Waals surface area contributed by atoms with E-state index in [0.29, 0.717) is 0 Å². The van der Waals surface area contributed by atoms with Gasteiger partial charge in [-0.15, -0.1) is 0 Å². The van der Waals surface area contributed by atoms with E-state index in [-0.39, 0.29) is 5.92 Å². The van der Waals surface area contributed by atoms with E-state index in [1.54, 1.807) is 0 Å². The molecule has 0 aliphatic carbocycles. The van der Waals surface area contributed by atoms with Gasteiger partial charge >= 0.3 is 5.92 Å². The van der Waals surface area contributed by atoms with Gasteiger partial charge in [-0.3, -0.25) is 4.79 Å². The minimum absolute atomic E-state index is 0.00840. The van der Waals surface area contributed by atoms with Gasteiger partial charge in [0.15, 0.2) is 0 Å². The molecule has 22 heavy (non-hydrogen) atoms. The molecule has 1 aromatic carbocycles. The summed E-state index contributed by atoms with van der Waals surface area (Å²) in [7, 11) is 0. The van der Waals surface area contributed by atoms with Gasteiger partial charge in [-0.2, -0.15) is 8.78 Å². The second kappa shape index (κ2) is 7.01. The van der Waals surface area contributed by atoms with Gasteiger partial charge < -0.3 is 10.4 Å². The van der Waals surface area contributed by atoms with Gasteiger partial charge in [-0.1, -0.05) is 49.4 Å². The topological polar surface area (TPSA) is 49.3 Å². The third-order valence-corrected chi connectivity index (χ3v) is 3.98. The largest absolute Gasteiger partial charge is 0.389 e. The number of rotatable bonds is 6. The second-order valence-corrected chi connectivity index (χ2v) is 5.87. The van der Waals surface area contributed by atoms with Gasteiger partial charge in [0.1, 0.15) is 0 Å². The molecule has 1 amide bonds. The van der Waals surface area contributed by atoms with Crippen molar-refractivity contribution in [3.63, 3.8) is 0 Å². The molecule has 0 saturated carbocycles. The molecule has 1 heterocycles. The third-order valence-electron chi connectivity index (χ3n) is 3.98. The zero-order valence-corrected chi connectivity index (χ0v) is 12.5. The van der Waals surface area contributed by atoms with Crippen molar-refractivity contribution >= 4 is 5.91 Å². The highest BCUT2D eigenvalue weighted by atomic mass is 19.3. The number of aliphatic hydroxyl groups excluding tert-OH is 1. The molecule has 0 aromatic heterocycles. The lowest BCUT2D eigenvalue weighted by Gasteiger charge is -2.16. The summed E-state index contributed by atoms with van der Waals surface area (Å²) in [5.41, 5.74) is 1.20. The molecule has 0 bridgehead atoms. The van der Waals surface area contributed by atoms with Crippen molar-refractivity contribution in [1.82, 2.24) is 5.32 Å². The molecule has 2 N–H and O–H groups in total. The summed E-state index contributed by atoms with van der Waals surface area (Å²) in [5, 5.41) is 12.3. The van der Waals surface area contributed by atoms with Crippen LogP contribution in [0, 0.1) is 5.92 Å². The van der Waals surface area contributed by atoms with Crippen molar-refractivity contribution in [2.45, 2.75) is 44.3 Å². The number of alkyl halides is 2. The maximum absolute atomic E-state index is 13.1. The molecule has 3 nitrogen and oxygen atoms in total. The molecule has 1 aromatic rings. The van der Waals surface area contributed by atoms with E-state index in [1.165, 1.54) is 17.7 Å². The lowest BCUT2D eigenvalue weighted by molar-refractivity contribution is -0.139. The van der Waals surface area contributed by atoms with E-state index in [4.69, 9.17) is 0 Å². The van der Waals surface area contributed by atoms with Crippen molar-refractivity contribution in [1.29, 1.82) is 0 Å². The van der Waals surface area contributed by atoms with E-state index in [0.717, 1.165) is 12.8 Å². The van der Waals surface area contributed by atoms with Crippen LogP contribution in [0.5, 0.6) is 0 Å². The van der Waals surface area contributed by atoms with Crippen LogP contribution >= 0.6 is 0 Å². The Kier molecular flexibility index (Phi) is 5.29. The summed E-state index contributed by atoms with van der Waals surface area (Å²) in [5.74, 6) is -4.54. The number of amides is 1. The fourth-order valence-electron chi connectivity index (χ4n) is 2.46. The number of aryl methyl sites for hydroxylation is 1. The van der Waals surface area contributed by atoms with Crippen LogP contribution in [0.25, 0.3) is 0 Å². The number of nitrogens with one attached hydrogen (secondary N) is 1. The van der Waals surface area contributed by atoms with Crippen LogP contribution in [0.3, 0.4) is 0 Å². The molecular formula is C17H21F2NO2. The zero-order chi connectivity index (χ0) is 16.2. The predicted molar refractivity (Wildman–Crippen MR) is 80.6 cm³/mol. The smallest absolute Gasteiger partial charge is 0.326 e. The monoisotopic (exact) mass is 309 g/mol. The Balaban J connectivity index is 1.80. The van der Waals surface area contributed by atoms with Gasteiger partial charge in [0.05, 0.1) is 12.1 Å². The number of benzene rings is 1. The number of hydrogen-bond acceptors (Lipinski definition) is 2. The van der Waals surface area contributed by atoms with Crippen LogP contribution in [0.1, 0.15) is 25.3 Å². The maximum Gasteiger partial charge on any atom is 0.326 e. The summed E-state index contributed by atoms with van der Waals surface area (Å²) in [6.45, 7) is 1.92. The zero-order valence-electron chi connectivity index (χ0n) is 12.5. The van der Waals surface area contributed by atoms with Crippen LogP contribution in [0.2, 0.25) is 0 Å². The summed E-state index contributed by atoms with van der Waals surface area (Å²) in [6, 6.07) is 9.25. The van der Waals surface area contributed by atoms with E-state index >= 15 is 0 Å². The van der Waals surface area contributed by atoms with Crippen molar-refractivity contribution in [2.24, 2.45) is 5.92 Å². The average Bonchev–Trinajstić information content (AvgIpc) is 2.76. The highest BCUT2D eigenvalue weighted by molar-refractivity contribution is 5.86. The number of carbonyl (C=O) groups excluding carboxylic acids is 1. The first kappa shape index (κ1) is 16.6. The van der Waals surface area contributed by atoms with E-state index in [9.17, 15) is 18.7 Å². The molecule has 1 saturated heterocycles. The van der Waals surface area contributed by atoms with Crippen LogP contribution in [-0.4, -0.2) is 29.1 Å². The average molecular weight is 309 g/mol. The Hall–Kier alpha value is -1.75. The maximum atomic E-state index is 13.1. The van der Waals surface area contributed by atoms with Gasteiger partial charge in [-0.05, 0) is 24.3 Å². The summed E-state index contributed by atoms with van der Waals surface area (Å²) in [6.07, 6.45) is 3.35. The van der Waals surface area contributed by atoms with Crippen molar-refractivity contribution in [2.75, 3.05) is 0 Å². The third kappa shape index (κ3) is 4.37. The molecule has 5 heteroatoms. The quantitative estimate of drug-likeness (QED) is 0.794. The van der Waals surface area contributed by atoms with Crippen LogP contribution in [-0.2, 0) is 11.2 Å². The lowest BCUT2D eigenvalue weighted by Crippen LogP contribution is -2.30. The van der Waals surface area contributed by atoms with Gasteiger partial charge in [0.25, 0.3) is 5.91 Å². The minimum atomic E-state index is -3.31. The lowest BCUT2D eigenvalue weighted by atomic mass is 9.95.